The average Bonchev–Trinajstić information content (AvgIpc) is 3.55. The Balaban J connectivity index is 1.06. The van der Waals surface area contributed by atoms with Gasteiger partial charge in [-0.25, -0.2) is 0 Å². The van der Waals surface area contributed by atoms with E-state index in [4.69, 9.17) is 37.9 Å². The van der Waals surface area contributed by atoms with Gasteiger partial charge in [0.05, 0.1) is 50.3 Å². The molecular formula is C49H51NO11. The number of rotatable bonds is 17. The molecule has 1 N–H and O–H groups in total. The first-order valence-electron chi connectivity index (χ1n) is 20.6. The Morgan fingerprint density at radius 3 is 1.38 bits per heavy atom. The highest BCUT2D eigenvalue weighted by molar-refractivity contribution is 6.21. The summed E-state index contributed by atoms with van der Waals surface area (Å²) in [4.78, 5) is 28.8. The summed E-state index contributed by atoms with van der Waals surface area (Å²) >= 11 is 0. The lowest BCUT2D eigenvalue weighted by molar-refractivity contribution is -0.335. The van der Waals surface area contributed by atoms with Gasteiger partial charge in [-0.2, -0.15) is 0 Å². The smallest absolute Gasteiger partial charge is 0.262 e. The number of benzene rings is 5. The Kier molecular flexibility index (Phi) is 14.1. The van der Waals surface area contributed by atoms with Gasteiger partial charge in [0.1, 0.15) is 42.7 Å². The largest absolute Gasteiger partial charge is 0.388 e. The first-order valence-corrected chi connectivity index (χ1v) is 20.6. The van der Waals surface area contributed by atoms with Gasteiger partial charge < -0.3 is 43.0 Å². The number of hydrogen-bond donors (Lipinski definition) is 1. The van der Waals surface area contributed by atoms with Crippen molar-refractivity contribution in [1.82, 2.24) is 4.90 Å². The van der Waals surface area contributed by atoms with Gasteiger partial charge in [0, 0.05) is 7.11 Å². The molecule has 8 rings (SSSR count). The molecule has 0 unspecified atom stereocenters. The lowest BCUT2D eigenvalue weighted by atomic mass is 9.95. The highest BCUT2D eigenvalue weighted by Crippen LogP contribution is 2.36. The van der Waals surface area contributed by atoms with Crippen LogP contribution in [0.1, 0.15) is 49.9 Å². The molecule has 3 aliphatic rings. The zero-order valence-corrected chi connectivity index (χ0v) is 34.1. The van der Waals surface area contributed by atoms with Crippen LogP contribution in [-0.2, 0) is 64.3 Å². The summed E-state index contributed by atoms with van der Waals surface area (Å²) < 4.78 is 51.9. The van der Waals surface area contributed by atoms with E-state index < -0.39 is 73.2 Å². The van der Waals surface area contributed by atoms with Crippen molar-refractivity contribution in [3.8, 4) is 0 Å². The normalized spacial score (nSPS) is 27.6. The quantitative estimate of drug-likeness (QED) is 0.103. The van der Waals surface area contributed by atoms with Gasteiger partial charge in [0.2, 0.25) is 0 Å². The predicted octanol–water partition coefficient (Wildman–Crippen LogP) is 6.49. The maximum absolute atomic E-state index is 13.8. The van der Waals surface area contributed by atoms with Crippen LogP contribution in [0, 0.1) is 0 Å². The van der Waals surface area contributed by atoms with Gasteiger partial charge in [0.15, 0.2) is 12.6 Å². The van der Waals surface area contributed by atoms with Crippen LogP contribution < -0.4 is 0 Å². The molecule has 2 fully saturated rings. The molecule has 12 heteroatoms. The Bertz CT molecular complexity index is 2130. The lowest BCUT2D eigenvalue weighted by Crippen LogP contribution is -2.66. The third-order valence-electron chi connectivity index (χ3n) is 11.3. The number of nitrogens with zero attached hydrogens (tertiary/aromatic N) is 1. The predicted molar refractivity (Wildman–Crippen MR) is 223 cm³/mol. The second kappa shape index (κ2) is 20.2. The van der Waals surface area contributed by atoms with Gasteiger partial charge in [-0.3, -0.25) is 14.5 Å². The fraction of sp³-hybridized carbons (Fsp3) is 0.347. The first-order chi connectivity index (χ1) is 29.9. The van der Waals surface area contributed by atoms with Crippen LogP contribution in [0.2, 0.25) is 0 Å². The van der Waals surface area contributed by atoms with E-state index in [9.17, 15) is 14.7 Å². The molecule has 318 valence electrons. The van der Waals surface area contributed by atoms with Crippen LogP contribution in [0.15, 0.2) is 146 Å². The monoisotopic (exact) mass is 829 g/mol. The molecule has 0 saturated carbocycles. The van der Waals surface area contributed by atoms with Crippen LogP contribution in [0.25, 0.3) is 0 Å². The molecule has 61 heavy (non-hydrogen) atoms. The fourth-order valence-electron chi connectivity index (χ4n) is 8.14. The number of amides is 2. The minimum Gasteiger partial charge on any atom is -0.388 e. The Hall–Kier alpha value is -5.12. The van der Waals surface area contributed by atoms with E-state index in [0.29, 0.717) is 6.61 Å². The van der Waals surface area contributed by atoms with E-state index in [0.717, 1.165) is 27.2 Å². The minimum absolute atomic E-state index is 0.0791. The van der Waals surface area contributed by atoms with Crippen molar-refractivity contribution in [3.05, 3.63) is 179 Å². The number of fused-ring (bicyclic) bond motifs is 1. The molecule has 12 nitrogen and oxygen atoms in total. The van der Waals surface area contributed by atoms with Crippen LogP contribution in [0.3, 0.4) is 0 Å². The third-order valence-corrected chi connectivity index (χ3v) is 11.3. The topological polar surface area (TPSA) is 131 Å². The minimum atomic E-state index is -1.39. The van der Waals surface area contributed by atoms with Crippen molar-refractivity contribution in [2.45, 2.75) is 94.7 Å². The molecule has 3 heterocycles. The molecule has 0 radical (unpaired) electrons. The molecule has 5 aromatic carbocycles. The molecule has 2 amide bonds. The Morgan fingerprint density at radius 2 is 0.918 bits per heavy atom. The van der Waals surface area contributed by atoms with Crippen molar-refractivity contribution in [3.63, 3.8) is 0 Å². The number of carbonyl (C=O) groups excluding carboxylic acids is 2. The van der Waals surface area contributed by atoms with E-state index in [1.807, 2.05) is 128 Å². The summed E-state index contributed by atoms with van der Waals surface area (Å²) in [6.45, 7) is 2.61. The van der Waals surface area contributed by atoms with Gasteiger partial charge in [-0.15, -0.1) is 0 Å². The second-order valence-electron chi connectivity index (χ2n) is 15.4. The van der Waals surface area contributed by atoms with E-state index in [1.165, 1.54) is 7.11 Å². The van der Waals surface area contributed by atoms with Crippen LogP contribution >= 0.6 is 0 Å². The Morgan fingerprint density at radius 1 is 0.508 bits per heavy atom. The molecule has 5 aromatic rings. The van der Waals surface area contributed by atoms with Crippen LogP contribution in [-0.4, -0.2) is 96.9 Å². The van der Waals surface area contributed by atoms with Gasteiger partial charge in [-0.05, 0) is 41.3 Å². The van der Waals surface area contributed by atoms with Gasteiger partial charge in [-0.1, -0.05) is 133 Å². The SMILES string of the molecule is CO[C@@H]1O[C@H](CO[C@@H]2O[C@@H](C)[C@@H](OCc3ccccc3)[C@@H](OCc3ccccc3)[C@@H]2OCc2ccccc2)[C@@H](O)[C@H](OCc2ccccc2)[C@H]1N1C(=O)c2ccccc2C1=O. The summed E-state index contributed by atoms with van der Waals surface area (Å²) in [5.74, 6) is -1.06. The number of ether oxygens (including phenoxy) is 8. The molecule has 10 atom stereocenters. The molecule has 2 saturated heterocycles. The Labute approximate surface area is 355 Å². The average molecular weight is 830 g/mol. The fourth-order valence-corrected chi connectivity index (χ4v) is 8.14. The van der Waals surface area contributed by atoms with E-state index in [-0.39, 0.29) is 37.6 Å². The summed E-state index contributed by atoms with van der Waals surface area (Å²) in [6.07, 6.45) is -8.32. The summed E-state index contributed by atoms with van der Waals surface area (Å²) in [5.41, 5.74) is 4.25. The highest BCUT2D eigenvalue weighted by Gasteiger charge is 2.55. The molecule has 0 bridgehead atoms. The number of carbonyl (C=O) groups is 2. The van der Waals surface area contributed by atoms with Crippen molar-refractivity contribution >= 4 is 11.8 Å². The number of hydrogen-bond acceptors (Lipinski definition) is 11. The highest BCUT2D eigenvalue weighted by atomic mass is 16.7. The molecule has 3 aliphatic heterocycles. The van der Waals surface area contributed by atoms with Crippen molar-refractivity contribution in [1.29, 1.82) is 0 Å². The van der Waals surface area contributed by atoms with Gasteiger partial charge in [0.25, 0.3) is 11.8 Å². The van der Waals surface area contributed by atoms with Gasteiger partial charge >= 0.3 is 0 Å². The van der Waals surface area contributed by atoms with Crippen molar-refractivity contribution in [2.24, 2.45) is 0 Å². The standard InChI is InChI=1S/C49H51NO11/c1-32-42(55-27-33-17-7-3-8-18-33)44(57-29-35-21-11-5-12-22-35)45(58-30-36-23-13-6-14-24-36)49(60-32)59-31-39-41(51)43(56-28-34-19-9-4-10-20-34)40(48(54-2)61-39)50-46(52)37-25-15-16-26-38(37)47(50)53/h3-26,32,39-45,48-49,51H,27-31H2,1-2H3/t32-,39+,40+,41+,42+,43+,44+,45-,48+,49+/m0/s1. The van der Waals surface area contributed by atoms with E-state index in [2.05, 4.69) is 0 Å². The summed E-state index contributed by atoms with van der Waals surface area (Å²) in [6, 6.07) is 44.4. The first kappa shape index (κ1) is 42.6. The number of methoxy groups -OCH3 is 1. The molecular weight excluding hydrogens is 779 g/mol. The maximum Gasteiger partial charge on any atom is 0.262 e. The third kappa shape index (κ3) is 9.84. The molecule has 0 aliphatic carbocycles. The number of aliphatic hydroxyl groups excluding tert-OH is 1. The van der Waals surface area contributed by atoms with Crippen LogP contribution in [0.5, 0.6) is 0 Å². The summed E-state index contributed by atoms with van der Waals surface area (Å²) in [5, 5.41) is 12.2. The zero-order valence-electron chi connectivity index (χ0n) is 34.1. The summed E-state index contributed by atoms with van der Waals surface area (Å²) in [7, 11) is 1.42. The number of aliphatic hydroxyl groups is 1. The zero-order chi connectivity index (χ0) is 42.1. The van der Waals surface area contributed by atoms with E-state index in [1.54, 1.807) is 24.3 Å². The van der Waals surface area contributed by atoms with E-state index >= 15 is 0 Å². The molecule has 0 spiro atoms. The molecule has 0 aromatic heterocycles. The van der Waals surface area contributed by atoms with Crippen molar-refractivity contribution in [2.75, 3.05) is 13.7 Å². The van der Waals surface area contributed by atoms with Crippen LogP contribution in [0.4, 0.5) is 0 Å². The maximum atomic E-state index is 13.8. The van der Waals surface area contributed by atoms with Crippen molar-refractivity contribution < 1.29 is 52.6 Å². The lowest BCUT2D eigenvalue weighted by Gasteiger charge is -2.48. The number of imide groups is 1. The second-order valence-corrected chi connectivity index (χ2v) is 15.4.